The van der Waals surface area contributed by atoms with E-state index >= 15 is 0 Å². The molecule has 0 aromatic heterocycles. The van der Waals surface area contributed by atoms with Gasteiger partial charge < -0.3 is 5.32 Å². The highest BCUT2D eigenvalue weighted by Gasteiger charge is 2.10. The molecule has 0 aromatic rings. The summed E-state index contributed by atoms with van der Waals surface area (Å²) in [6.07, 6.45) is 6.48. The monoisotopic (exact) mass is 217 g/mol. The van der Waals surface area contributed by atoms with Crippen LogP contribution in [0.15, 0.2) is 0 Å². The molecule has 2 unspecified atom stereocenters. The second-order valence-corrected chi connectivity index (χ2v) is 4.97. The van der Waals surface area contributed by atoms with E-state index in [4.69, 9.17) is 0 Å². The van der Waals surface area contributed by atoms with Gasteiger partial charge >= 0.3 is 0 Å². The van der Waals surface area contributed by atoms with Gasteiger partial charge in [0, 0.05) is 5.25 Å². The van der Waals surface area contributed by atoms with E-state index in [2.05, 4.69) is 38.7 Å². The van der Waals surface area contributed by atoms with E-state index in [0.717, 1.165) is 5.92 Å². The lowest BCUT2D eigenvalue weighted by atomic mass is 9.97. The van der Waals surface area contributed by atoms with Crippen LogP contribution in [0.4, 0.5) is 0 Å². The summed E-state index contributed by atoms with van der Waals surface area (Å²) in [5, 5.41) is 4.03. The normalized spacial score (nSPS) is 15.4. The lowest BCUT2D eigenvalue weighted by Crippen LogP contribution is -2.19. The second kappa shape index (κ2) is 9.85. The molecule has 0 heterocycles. The number of unbranched alkanes of at least 4 members (excludes halogenated alkanes) is 1. The third-order valence-electron chi connectivity index (χ3n) is 2.84. The number of hydrogen-bond donors (Lipinski definition) is 2. The van der Waals surface area contributed by atoms with Crippen molar-refractivity contribution < 1.29 is 0 Å². The molecule has 0 aliphatic heterocycles. The Bertz CT molecular complexity index is 115. The quantitative estimate of drug-likeness (QED) is 0.445. The van der Waals surface area contributed by atoms with E-state index in [1.807, 2.05) is 0 Å². The Morgan fingerprint density at radius 3 is 2.29 bits per heavy atom. The Morgan fingerprint density at radius 2 is 1.79 bits per heavy atom. The number of thiol groups is 1. The molecule has 0 aliphatic carbocycles. The first kappa shape index (κ1) is 14.3. The topological polar surface area (TPSA) is 12.0 Å². The molecule has 0 radical (unpaired) electrons. The van der Waals surface area contributed by atoms with Crippen molar-refractivity contribution >= 4 is 12.6 Å². The van der Waals surface area contributed by atoms with Gasteiger partial charge in [-0.2, -0.15) is 12.6 Å². The van der Waals surface area contributed by atoms with E-state index in [-0.39, 0.29) is 0 Å². The van der Waals surface area contributed by atoms with Crippen molar-refractivity contribution in [2.75, 3.05) is 13.1 Å². The zero-order valence-electron chi connectivity index (χ0n) is 10.1. The standard InChI is InChI=1S/C12H27NS/c1-4-6-9-13-10-7-8-12(5-2)11(3)14/h11-14H,4-10H2,1-3H3. The molecule has 0 saturated carbocycles. The minimum atomic E-state index is 0.552. The van der Waals surface area contributed by atoms with Gasteiger partial charge in [-0.05, 0) is 38.3 Å². The van der Waals surface area contributed by atoms with Gasteiger partial charge in [-0.1, -0.05) is 33.6 Å². The average Bonchev–Trinajstić information content (AvgIpc) is 2.16. The fraction of sp³-hybridized carbons (Fsp3) is 1.00. The summed E-state index contributed by atoms with van der Waals surface area (Å²) in [4.78, 5) is 0. The van der Waals surface area contributed by atoms with E-state index < -0.39 is 0 Å². The summed E-state index contributed by atoms with van der Waals surface area (Å²) >= 11 is 4.51. The molecule has 0 bridgehead atoms. The van der Waals surface area contributed by atoms with Crippen molar-refractivity contribution in [3.8, 4) is 0 Å². The molecule has 0 aliphatic rings. The number of hydrogen-bond acceptors (Lipinski definition) is 2. The number of rotatable bonds is 9. The summed E-state index contributed by atoms with van der Waals surface area (Å²) in [5.74, 6) is 0.798. The lowest BCUT2D eigenvalue weighted by Gasteiger charge is -2.17. The maximum atomic E-state index is 4.51. The molecule has 0 amide bonds. The van der Waals surface area contributed by atoms with E-state index in [9.17, 15) is 0 Å². The maximum Gasteiger partial charge on any atom is 0.00166 e. The predicted octanol–water partition coefficient (Wildman–Crippen LogP) is 3.50. The molecule has 0 rings (SSSR count). The molecule has 0 aromatic carbocycles. The molecule has 86 valence electrons. The van der Waals surface area contributed by atoms with Crippen LogP contribution in [-0.4, -0.2) is 18.3 Å². The Hall–Kier alpha value is 0.310. The molecule has 0 saturated heterocycles. The highest BCUT2D eigenvalue weighted by Crippen LogP contribution is 2.18. The SMILES string of the molecule is CCCCNCCCC(CC)C(C)S. The van der Waals surface area contributed by atoms with Gasteiger partial charge in [0.05, 0.1) is 0 Å². The first-order valence-electron chi connectivity index (χ1n) is 6.11. The van der Waals surface area contributed by atoms with Crippen LogP contribution in [-0.2, 0) is 0 Å². The maximum absolute atomic E-state index is 4.51. The van der Waals surface area contributed by atoms with Crippen molar-refractivity contribution in [1.82, 2.24) is 5.32 Å². The third kappa shape index (κ3) is 7.69. The molecule has 2 heteroatoms. The minimum absolute atomic E-state index is 0.552. The summed E-state index contributed by atoms with van der Waals surface area (Å²) in [6.45, 7) is 9.07. The zero-order valence-corrected chi connectivity index (χ0v) is 10.9. The van der Waals surface area contributed by atoms with Gasteiger partial charge in [0.25, 0.3) is 0 Å². The highest BCUT2D eigenvalue weighted by molar-refractivity contribution is 7.80. The highest BCUT2D eigenvalue weighted by atomic mass is 32.1. The van der Waals surface area contributed by atoms with Crippen LogP contribution in [0.25, 0.3) is 0 Å². The Labute approximate surface area is 95.5 Å². The predicted molar refractivity (Wildman–Crippen MR) is 69.2 cm³/mol. The Kier molecular flexibility index (Phi) is 10.1. The smallest absolute Gasteiger partial charge is 0.00166 e. The first-order valence-corrected chi connectivity index (χ1v) is 6.62. The third-order valence-corrected chi connectivity index (χ3v) is 3.26. The van der Waals surface area contributed by atoms with Crippen molar-refractivity contribution in [1.29, 1.82) is 0 Å². The Balaban J connectivity index is 3.25. The average molecular weight is 217 g/mol. The van der Waals surface area contributed by atoms with Gasteiger partial charge in [0.1, 0.15) is 0 Å². The zero-order chi connectivity index (χ0) is 10.8. The van der Waals surface area contributed by atoms with Crippen LogP contribution in [0.3, 0.4) is 0 Å². The van der Waals surface area contributed by atoms with E-state index in [1.165, 1.54) is 45.2 Å². The minimum Gasteiger partial charge on any atom is -0.317 e. The molecule has 0 fully saturated rings. The van der Waals surface area contributed by atoms with Crippen LogP contribution in [0, 0.1) is 5.92 Å². The fourth-order valence-electron chi connectivity index (χ4n) is 1.70. The summed E-state index contributed by atoms with van der Waals surface area (Å²) < 4.78 is 0. The number of nitrogens with one attached hydrogen (secondary N) is 1. The van der Waals surface area contributed by atoms with E-state index in [0.29, 0.717) is 5.25 Å². The summed E-state index contributed by atoms with van der Waals surface area (Å²) in [6, 6.07) is 0. The van der Waals surface area contributed by atoms with Crippen LogP contribution in [0.1, 0.15) is 52.9 Å². The van der Waals surface area contributed by atoms with Gasteiger partial charge in [-0.3, -0.25) is 0 Å². The van der Waals surface area contributed by atoms with Crippen LogP contribution >= 0.6 is 12.6 Å². The van der Waals surface area contributed by atoms with Crippen molar-refractivity contribution in [2.24, 2.45) is 5.92 Å². The molecule has 1 nitrogen and oxygen atoms in total. The molecular formula is C12H27NS. The molecule has 0 spiro atoms. The van der Waals surface area contributed by atoms with Crippen molar-refractivity contribution in [3.05, 3.63) is 0 Å². The van der Waals surface area contributed by atoms with E-state index in [1.54, 1.807) is 0 Å². The lowest BCUT2D eigenvalue weighted by molar-refractivity contribution is 0.443. The van der Waals surface area contributed by atoms with Crippen LogP contribution < -0.4 is 5.32 Å². The molecule has 14 heavy (non-hydrogen) atoms. The summed E-state index contributed by atoms with van der Waals surface area (Å²) in [5.41, 5.74) is 0. The van der Waals surface area contributed by atoms with Gasteiger partial charge in [-0.15, -0.1) is 0 Å². The second-order valence-electron chi connectivity index (χ2n) is 4.15. The molecular weight excluding hydrogens is 190 g/mol. The summed E-state index contributed by atoms with van der Waals surface area (Å²) in [7, 11) is 0. The van der Waals surface area contributed by atoms with Gasteiger partial charge in [0.2, 0.25) is 0 Å². The van der Waals surface area contributed by atoms with Gasteiger partial charge in [0.15, 0.2) is 0 Å². The largest absolute Gasteiger partial charge is 0.317 e. The van der Waals surface area contributed by atoms with Crippen LogP contribution in [0.5, 0.6) is 0 Å². The van der Waals surface area contributed by atoms with Gasteiger partial charge in [-0.25, -0.2) is 0 Å². The van der Waals surface area contributed by atoms with Crippen LogP contribution in [0.2, 0.25) is 0 Å². The first-order chi connectivity index (χ1) is 6.72. The van der Waals surface area contributed by atoms with Crippen molar-refractivity contribution in [2.45, 2.75) is 58.1 Å². The fourth-order valence-corrected chi connectivity index (χ4v) is 2.06. The molecule has 1 N–H and O–H groups in total. The Morgan fingerprint density at radius 1 is 1.14 bits per heavy atom. The molecule has 2 atom stereocenters. The van der Waals surface area contributed by atoms with Crippen molar-refractivity contribution in [3.63, 3.8) is 0 Å².